The lowest BCUT2D eigenvalue weighted by molar-refractivity contribution is -0.0149. The van der Waals surface area contributed by atoms with Gasteiger partial charge in [0.2, 0.25) is 0 Å². The highest BCUT2D eigenvalue weighted by Crippen LogP contribution is 2.29. The molecule has 0 bridgehead atoms. The number of carbonyl (C=O) groups is 3. The zero-order chi connectivity index (χ0) is 32.3. The average Bonchev–Trinajstić information content (AvgIpc) is 3.06. The minimum Gasteiger partial charge on any atom is -0.490 e. The van der Waals surface area contributed by atoms with E-state index in [2.05, 4.69) is 10.3 Å². The van der Waals surface area contributed by atoms with Crippen LogP contribution in [0.1, 0.15) is 71.1 Å². The summed E-state index contributed by atoms with van der Waals surface area (Å²) >= 11 is 0. The quantitative estimate of drug-likeness (QED) is 0.387. The van der Waals surface area contributed by atoms with Gasteiger partial charge in [-0.3, -0.25) is 19.4 Å². The molecular formula is C35H44N4O6. The maximum absolute atomic E-state index is 14.3. The minimum atomic E-state index is -0.516. The topological polar surface area (TPSA) is 121 Å². The molecule has 1 aliphatic heterocycles. The van der Waals surface area contributed by atoms with Gasteiger partial charge in [0.1, 0.15) is 5.75 Å². The van der Waals surface area contributed by atoms with Crippen LogP contribution in [0.5, 0.6) is 5.75 Å². The predicted octanol–water partition coefficient (Wildman–Crippen LogP) is 4.90. The highest BCUT2D eigenvalue weighted by atomic mass is 16.5. The fourth-order valence-electron chi connectivity index (χ4n) is 5.32. The number of hydrogen-bond donors (Lipinski definition) is 2. The van der Waals surface area contributed by atoms with Gasteiger partial charge in [0.15, 0.2) is 0 Å². The summed E-state index contributed by atoms with van der Waals surface area (Å²) in [5.41, 5.74) is 1.78. The van der Waals surface area contributed by atoms with Gasteiger partial charge in [-0.05, 0) is 75.6 Å². The minimum absolute atomic E-state index is 0.144. The number of aliphatic hydroxyl groups excluding tert-OH is 1. The largest absolute Gasteiger partial charge is 0.490 e. The molecule has 0 radical (unpaired) electrons. The molecule has 10 heteroatoms. The molecule has 1 aliphatic rings. The van der Waals surface area contributed by atoms with E-state index >= 15 is 0 Å². The van der Waals surface area contributed by atoms with E-state index < -0.39 is 6.04 Å². The molecule has 3 aromatic rings. The third-order valence-electron chi connectivity index (χ3n) is 8.07. The van der Waals surface area contributed by atoms with E-state index in [0.29, 0.717) is 41.3 Å². The average molecular weight is 617 g/mol. The summed E-state index contributed by atoms with van der Waals surface area (Å²) in [6, 6.07) is 16.8. The van der Waals surface area contributed by atoms with Gasteiger partial charge in [0.25, 0.3) is 17.7 Å². The number of ether oxygens (including phenoxy) is 2. The smallest absolute Gasteiger partial charge is 0.258 e. The molecule has 0 unspecified atom stereocenters. The lowest BCUT2D eigenvalue weighted by atomic mass is 10.0. The number of aromatic nitrogens is 1. The van der Waals surface area contributed by atoms with Crippen LogP contribution < -0.4 is 10.1 Å². The summed E-state index contributed by atoms with van der Waals surface area (Å²) in [6.07, 6.45) is 5.05. The molecule has 0 saturated carbocycles. The lowest BCUT2D eigenvalue weighted by Gasteiger charge is -2.36. The van der Waals surface area contributed by atoms with Crippen molar-refractivity contribution in [2.45, 2.75) is 58.3 Å². The Hall–Kier alpha value is -4.28. The molecule has 0 fully saturated rings. The Bertz CT molecular complexity index is 1420. The van der Waals surface area contributed by atoms with E-state index in [1.54, 1.807) is 90.8 Å². The number of benzene rings is 2. The van der Waals surface area contributed by atoms with Gasteiger partial charge >= 0.3 is 0 Å². The third kappa shape index (κ3) is 9.12. The number of nitrogens with one attached hydrogen (secondary N) is 1. The zero-order valence-electron chi connectivity index (χ0n) is 26.5. The Morgan fingerprint density at radius 3 is 2.51 bits per heavy atom. The number of carbonyl (C=O) groups excluding carboxylic acids is 3. The van der Waals surface area contributed by atoms with Crippen LogP contribution in [0.4, 0.5) is 5.69 Å². The molecule has 240 valence electrons. The standard InChI is InChI=1S/C35H44N4O6/c1-24-21-39(25(2)23-40)35(43)30-20-29(37-33(41)27-11-6-5-7-12-27)13-14-31(30)45-26(3)10-8-9-19-44-32(24)22-38(4)34(42)28-15-17-36-18-16-28/h5-7,11-18,20,24-26,32,40H,8-10,19,21-23H2,1-4H3,(H,37,41)/t24-,25+,26+,32-/m1/s1. The second-order valence-corrected chi connectivity index (χ2v) is 11.8. The van der Waals surface area contributed by atoms with Gasteiger partial charge in [-0.1, -0.05) is 25.1 Å². The van der Waals surface area contributed by atoms with Gasteiger partial charge in [0, 0.05) is 61.9 Å². The van der Waals surface area contributed by atoms with Crippen molar-refractivity contribution >= 4 is 23.4 Å². The van der Waals surface area contributed by atoms with Crippen molar-refractivity contribution in [1.82, 2.24) is 14.8 Å². The van der Waals surface area contributed by atoms with Crippen molar-refractivity contribution < 1.29 is 29.0 Å². The van der Waals surface area contributed by atoms with Crippen LogP contribution in [0, 0.1) is 5.92 Å². The van der Waals surface area contributed by atoms with E-state index in [1.165, 1.54) is 0 Å². The van der Waals surface area contributed by atoms with Gasteiger partial charge in [0.05, 0.1) is 30.4 Å². The molecular weight excluding hydrogens is 572 g/mol. The van der Waals surface area contributed by atoms with Crippen LogP contribution in [0.2, 0.25) is 0 Å². The molecule has 1 aromatic heterocycles. The SMILES string of the molecule is C[C@@H]1CN([C@@H](C)CO)C(=O)c2cc(NC(=O)c3ccccc3)ccc2O[C@@H](C)CCCCO[C@@H]1CN(C)C(=O)c1ccncc1. The first-order valence-electron chi connectivity index (χ1n) is 15.5. The summed E-state index contributed by atoms with van der Waals surface area (Å²) < 4.78 is 12.6. The number of likely N-dealkylation sites (N-methyl/N-ethyl adjacent to an activating group) is 1. The van der Waals surface area contributed by atoms with E-state index in [9.17, 15) is 19.5 Å². The van der Waals surface area contributed by atoms with Crippen LogP contribution in [-0.2, 0) is 4.74 Å². The van der Waals surface area contributed by atoms with Crippen LogP contribution in [0.15, 0.2) is 73.1 Å². The van der Waals surface area contributed by atoms with E-state index in [-0.39, 0.29) is 49.0 Å². The Labute approximate surface area is 265 Å². The first-order valence-corrected chi connectivity index (χ1v) is 15.5. The second kappa shape index (κ2) is 16.2. The highest BCUT2D eigenvalue weighted by molar-refractivity contribution is 6.05. The summed E-state index contributed by atoms with van der Waals surface area (Å²) in [4.78, 5) is 47.6. The normalized spacial score (nSPS) is 20.2. The first kappa shape index (κ1) is 33.6. The number of amides is 3. The molecule has 0 spiro atoms. The number of fused-ring (bicyclic) bond motifs is 1. The first-order chi connectivity index (χ1) is 21.7. The van der Waals surface area contributed by atoms with Gasteiger partial charge in [-0.2, -0.15) is 0 Å². The van der Waals surface area contributed by atoms with E-state index in [0.717, 1.165) is 19.3 Å². The molecule has 2 aromatic carbocycles. The maximum atomic E-state index is 14.3. The molecule has 2 N–H and O–H groups in total. The van der Waals surface area contributed by atoms with Crippen molar-refractivity contribution in [1.29, 1.82) is 0 Å². The van der Waals surface area contributed by atoms with Crippen LogP contribution in [0.3, 0.4) is 0 Å². The van der Waals surface area contributed by atoms with Crippen LogP contribution in [-0.4, -0.2) is 89.2 Å². The zero-order valence-corrected chi connectivity index (χ0v) is 26.5. The molecule has 0 aliphatic carbocycles. The highest BCUT2D eigenvalue weighted by Gasteiger charge is 2.31. The lowest BCUT2D eigenvalue weighted by Crippen LogP contribution is -2.48. The third-order valence-corrected chi connectivity index (χ3v) is 8.07. The fourth-order valence-corrected chi connectivity index (χ4v) is 5.32. The monoisotopic (exact) mass is 616 g/mol. The van der Waals surface area contributed by atoms with Crippen LogP contribution >= 0.6 is 0 Å². The van der Waals surface area contributed by atoms with Crippen molar-refractivity contribution in [3.8, 4) is 5.75 Å². The number of pyridine rings is 1. The molecule has 0 saturated heterocycles. The van der Waals surface area contributed by atoms with Gasteiger partial charge in [-0.25, -0.2) is 0 Å². The Balaban J connectivity index is 1.63. The Morgan fingerprint density at radius 2 is 1.80 bits per heavy atom. The Morgan fingerprint density at radius 1 is 1.07 bits per heavy atom. The number of rotatable bonds is 7. The molecule has 4 atom stereocenters. The summed E-state index contributed by atoms with van der Waals surface area (Å²) in [7, 11) is 1.74. The van der Waals surface area contributed by atoms with Crippen LogP contribution in [0.25, 0.3) is 0 Å². The second-order valence-electron chi connectivity index (χ2n) is 11.8. The molecule has 2 heterocycles. The summed E-state index contributed by atoms with van der Waals surface area (Å²) in [5.74, 6) is -0.547. The summed E-state index contributed by atoms with van der Waals surface area (Å²) in [6.45, 7) is 6.58. The molecule has 45 heavy (non-hydrogen) atoms. The fraction of sp³-hybridized carbons (Fsp3) is 0.429. The predicted molar refractivity (Wildman–Crippen MR) is 172 cm³/mol. The van der Waals surface area contributed by atoms with Crippen molar-refractivity contribution in [3.05, 3.63) is 89.7 Å². The van der Waals surface area contributed by atoms with Crippen molar-refractivity contribution in [3.63, 3.8) is 0 Å². The van der Waals surface area contributed by atoms with Gasteiger partial charge < -0.3 is 29.7 Å². The number of nitrogens with zero attached hydrogens (tertiary/aromatic N) is 3. The van der Waals surface area contributed by atoms with Gasteiger partial charge in [-0.15, -0.1) is 0 Å². The molecule has 10 nitrogen and oxygen atoms in total. The van der Waals surface area contributed by atoms with E-state index in [4.69, 9.17) is 9.47 Å². The molecule has 4 rings (SSSR count). The van der Waals surface area contributed by atoms with Crippen molar-refractivity contribution in [2.24, 2.45) is 5.92 Å². The van der Waals surface area contributed by atoms with Crippen molar-refractivity contribution in [2.75, 3.05) is 38.7 Å². The number of hydrogen-bond acceptors (Lipinski definition) is 7. The number of aliphatic hydroxyl groups is 1. The maximum Gasteiger partial charge on any atom is 0.258 e. The summed E-state index contributed by atoms with van der Waals surface area (Å²) in [5, 5.41) is 13.1. The molecule has 3 amide bonds. The Kier molecular flexibility index (Phi) is 12.1. The number of anilines is 1. The van der Waals surface area contributed by atoms with E-state index in [1.807, 2.05) is 19.9 Å².